The number of furan rings is 1. The van der Waals surface area contributed by atoms with Crippen LogP contribution in [0.4, 0.5) is 0 Å². The minimum Gasteiger partial charge on any atom is -0.453 e. The first-order valence-corrected chi connectivity index (χ1v) is 12.4. The second kappa shape index (κ2) is 9.49. The summed E-state index contributed by atoms with van der Waals surface area (Å²) in [5.41, 5.74) is 1.83. The van der Waals surface area contributed by atoms with Gasteiger partial charge in [0.15, 0.2) is 5.76 Å². The molecule has 2 aromatic heterocycles. The van der Waals surface area contributed by atoms with Gasteiger partial charge in [-0.15, -0.1) is 0 Å². The summed E-state index contributed by atoms with van der Waals surface area (Å²) in [7, 11) is 0. The molecule has 0 radical (unpaired) electrons. The summed E-state index contributed by atoms with van der Waals surface area (Å²) in [4.78, 5) is 20.4. The number of hydrogen-bond donors (Lipinski definition) is 0. The van der Waals surface area contributed by atoms with Crippen molar-refractivity contribution in [1.29, 1.82) is 0 Å². The van der Waals surface area contributed by atoms with Gasteiger partial charge in [0.05, 0.1) is 17.1 Å². The number of para-hydroxylation sites is 1. The highest BCUT2D eigenvalue weighted by molar-refractivity contribution is 7.99. The first-order chi connectivity index (χ1) is 17.7. The molecule has 0 bridgehead atoms. The molecule has 0 fully saturated rings. The lowest BCUT2D eigenvalue weighted by Crippen LogP contribution is -2.20. The largest absolute Gasteiger partial charge is 0.453 e. The monoisotopic (exact) mass is 507 g/mol. The van der Waals surface area contributed by atoms with Gasteiger partial charge in [-0.3, -0.25) is 4.79 Å². The number of benzene rings is 4. The van der Waals surface area contributed by atoms with E-state index in [2.05, 4.69) is 17.2 Å². The molecular weight excluding hydrogens is 490 g/mol. The van der Waals surface area contributed by atoms with Gasteiger partial charge in [0, 0.05) is 25.8 Å². The third-order valence-corrected chi connectivity index (χ3v) is 6.99. The Morgan fingerprint density at radius 3 is 2.56 bits per heavy atom. The molecule has 0 spiro atoms. The van der Waals surface area contributed by atoms with E-state index in [0.717, 1.165) is 20.7 Å². The summed E-state index contributed by atoms with van der Waals surface area (Å²) in [6, 6.07) is 32.5. The fraction of sp³-hybridized carbons (Fsp3) is 0. The second-order valence-electron chi connectivity index (χ2n) is 8.06. The second-order valence-corrected chi connectivity index (χ2v) is 9.61. The van der Waals surface area contributed by atoms with E-state index in [4.69, 9.17) is 21.0 Å². The molecule has 174 valence electrons. The van der Waals surface area contributed by atoms with Crippen LogP contribution in [-0.4, -0.2) is 15.9 Å². The van der Waals surface area contributed by atoms with E-state index in [0.29, 0.717) is 33.1 Å². The molecule has 0 saturated carbocycles. The minimum absolute atomic E-state index is 0.279. The van der Waals surface area contributed by atoms with Crippen molar-refractivity contribution in [3.63, 3.8) is 0 Å². The molecule has 0 aliphatic carbocycles. The summed E-state index contributed by atoms with van der Waals surface area (Å²) >= 11 is 7.80. The van der Waals surface area contributed by atoms with Crippen LogP contribution < -0.4 is 5.56 Å². The Labute approximate surface area is 215 Å². The van der Waals surface area contributed by atoms with Crippen LogP contribution in [-0.2, 0) is 0 Å². The lowest BCUT2D eigenvalue weighted by atomic mass is 10.2. The molecule has 0 atom stereocenters. The number of hydrogen-bond acceptors (Lipinski definition) is 5. The minimum atomic E-state index is -0.279. The van der Waals surface area contributed by atoms with Crippen LogP contribution in [0.1, 0.15) is 5.56 Å². The summed E-state index contributed by atoms with van der Waals surface area (Å²) in [6.45, 7) is 0. The Kier molecular flexibility index (Phi) is 5.89. The smallest absolute Gasteiger partial charge is 0.282 e. The zero-order chi connectivity index (χ0) is 24.5. The van der Waals surface area contributed by atoms with Gasteiger partial charge < -0.3 is 4.42 Å². The van der Waals surface area contributed by atoms with Crippen molar-refractivity contribution >= 4 is 51.4 Å². The van der Waals surface area contributed by atoms with Gasteiger partial charge in [-0.2, -0.15) is 9.78 Å². The van der Waals surface area contributed by atoms with E-state index in [-0.39, 0.29) is 5.56 Å². The maximum Gasteiger partial charge on any atom is 0.282 e. The van der Waals surface area contributed by atoms with Crippen molar-refractivity contribution in [2.24, 2.45) is 5.10 Å². The predicted molar refractivity (Wildman–Crippen MR) is 146 cm³/mol. The lowest BCUT2D eigenvalue weighted by molar-refractivity contribution is 0.616. The molecule has 0 N–H and O–H groups in total. The average molecular weight is 508 g/mol. The summed E-state index contributed by atoms with van der Waals surface area (Å²) in [5.74, 6) is 0.745. The van der Waals surface area contributed by atoms with Crippen LogP contribution in [0, 0.1) is 0 Å². The molecule has 0 unspecified atom stereocenters. The quantitative estimate of drug-likeness (QED) is 0.227. The van der Waals surface area contributed by atoms with Crippen LogP contribution in [0.3, 0.4) is 0 Å². The van der Waals surface area contributed by atoms with Gasteiger partial charge in [-0.25, -0.2) is 4.98 Å². The zero-order valence-electron chi connectivity index (χ0n) is 18.8. The Morgan fingerprint density at radius 1 is 0.889 bits per heavy atom. The molecule has 7 heteroatoms. The molecule has 0 amide bonds. The molecule has 6 rings (SSSR count). The number of nitrogens with zero attached hydrogens (tertiary/aromatic N) is 3. The number of halogens is 1. The van der Waals surface area contributed by atoms with Crippen molar-refractivity contribution in [2.75, 3.05) is 0 Å². The van der Waals surface area contributed by atoms with Crippen LogP contribution in [0.5, 0.6) is 0 Å². The van der Waals surface area contributed by atoms with Gasteiger partial charge in [-0.05, 0) is 54.6 Å². The van der Waals surface area contributed by atoms with Crippen LogP contribution in [0.15, 0.2) is 127 Å². The van der Waals surface area contributed by atoms with Gasteiger partial charge in [0.2, 0.25) is 5.82 Å². The third-order valence-electron chi connectivity index (χ3n) is 5.65. The summed E-state index contributed by atoms with van der Waals surface area (Å²) in [5, 5.41) is 6.51. The maximum absolute atomic E-state index is 13.5. The van der Waals surface area contributed by atoms with E-state index < -0.39 is 0 Å². The molecule has 0 aliphatic heterocycles. The highest BCUT2D eigenvalue weighted by Crippen LogP contribution is 2.31. The first-order valence-electron chi connectivity index (χ1n) is 11.2. The van der Waals surface area contributed by atoms with Gasteiger partial charge >= 0.3 is 0 Å². The van der Waals surface area contributed by atoms with Crippen LogP contribution in [0.25, 0.3) is 33.5 Å². The topological polar surface area (TPSA) is 60.4 Å². The van der Waals surface area contributed by atoms with Gasteiger partial charge in [0.1, 0.15) is 5.58 Å². The average Bonchev–Trinajstić information content (AvgIpc) is 3.32. The maximum atomic E-state index is 13.5. The van der Waals surface area contributed by atoms with Crippen molar-refractivity contribution in [2.45, 2.75) is 9.79 Å². The van der Waals surface area contributed by atoms with Crippen LogP contribution in [0.2, 0.25) is 5.02 Å². The fourth-order valence-electron chi connectivity index (χ4n) is 3.93. The van der Waals surface area contributed by atoms with E-state index in [1.807, 2.05) is 66.7 Å². The summed E-state index contributed by atoms with van der Waals surface area (Å²) < 4.78 is 7.35. The molecule has 2 heterocycles. The van der Waals surface area contributed by atoms with E-state index in [9.17, 15) is 4.79 Å². The number of fused-ring (bicyclic) bond motifs is 2. The van der Waals surface area contributed by atoms with Crippen molar-refractivity contribution < 1.29 is 4.42 Å². The molecular formula is C29H18ClN3O2S. The van der Waals surface area contributed by atoms with E-state index >= 15 is 0 Å². The van der Waals surface area contributed by atoms with Gasteiger partial charge in [0.25, 0.3) is 5.56 Å². The number of rotatable bonds is 5. The summed E-state index contributed by atoms with van der Waals surface area (Å²) in [6.07, 6.45) is 1.69. The molecule has 0 saturated heterocycles. The Morgan fingerprint density at radius 2 is 1.67 bits per heavy atom. The highest BCUT2D eigenvalue weighted by atomic mass is 35.5. The Balaban J connectivity index is 1.49. The van der Waals surface area contributed by atoms with E-state index in [1.165, 1.54) is 4.68 Å². The van der Waals surface area contributed by atoms with Crippen molar-refractivity contribution in [1.82, 2.24) is 9.66 Å². The lowest BCUT2D eigenvalue weighted by Gasteiger charge is -2.08. The molecule has 5 nitrogen and oxygen atoms in total. The normalized spacial score (nSPS) is 11.6. The van der Waals surface area contributed by atoms with E-state index in [1.54, 1.807) is 42.2 Å². The molecule has 36 heavy (non-hydrogen) atoms. The third kappa shape index (κ3) is 4.33. The van der Waals surface area contributed by atoms with Crippen molar-refractivity contribution in [3.8, 4) is 11.6 Å². The fourth-order valence-corrected chi connectivity index (χ4v) is 5.04. The molecule has 4 aromatic carbocycles. The van der Waals surface area contributed by atoms with Crippen molar-refractivity contribution in [3.05, 3.63) is 124 Å². The zero-order valence-corrected chi connectivity index (χ0v) is 20.4. The van der Waals surface area contributed by atoms with Crippen LogP contribution >= 0.6 is 23.4 Å². The Bertz CT molecular complexity index is 1810. The first kappa shape index (κ1) is 22.3. The predicted octanol–water partition coefficient (Wildman–Crippen LogP) is 7.50. The SMILES string of the molecule is O=c1c2ccccc2nc(-c2cc3cc(Cl)ccc3o2)n1N=Cc1ccccc1Sc1ccccc1. The molecule has 6 aromatic rings. The Hall–Kier alpha value is -4.13. The molecule has 0 aliphatic rings. The highest BCUT2D eigenvalue weighted by Gasteiger charge is 2.16. The standard InChI is InChI=1S/C29H18ClN3O2S/c30-21-14-15-25-20(16-21)17-26(35-25)28-32-24-12-6-5-11-23(24)29(34)33(28)31-18-19-8-4-7-13-27(19)36-22-9-2-1-3-10-22/h1-18H. The van der Waals surface area contributed by atoms with Gasteiger partial charge in [-0.1, -0.05) is 71.9 Å². The number of aromatic nitrogens is 2.